The Hall–Kier alpha value is -1.64. The van der Waals surface area contributed by atoms with E-state index in [1.807, 2.05) is 18.2 Å². The molecule has 0 heterocycles. The maximum absolute atomic E-state index is 11.5. The summed E-state index contributed by atoms with van der Waals surface area (Å²) in [5.74, 6) is -0.704. The van der Waals surface area contributed by atoms with Gasteiger partial charge in [0.2, 0.25) is 0 Å². The molecule has 1 N–H and O–H groups in total. The lowest BCUT2D eigenvalue weighted by atomic mass is 9.59. The van der Waals surface area contributed by atoms with E-state index in [1.54, 1.807) is 0 Å². The van der Waals surface area contributed by atoms with E-state index in [-0.39, 0.29) is 24.5 Å². The summed E-state index contributed by atoms with van der Waals surface area (Å²) in [6.45, 7) is 0. The topological polar surface area (TPSA) is 54.4 Å². The zero-order valence-electron chi connectivity index (χ0n) is 9.48. The van der Waals surface area contributed by atoms with E-state index in [0.717, 1.165) is 18.4 Å². The Morgan fingerprint density at radius 1 is 1.29 bits per heavy atom. The Morgan fingerprint density at radius 2 is 2.00 bits per heavy atom. The van der Waals surface area contributed by atoms with E-state index in [4.69, 9.17) is 0 Å². The van der Waals surface area contributed by atoms with Crippen molar-refractivity contribution in [3.63, 3.8) is 0 Å². The molecule has 0 spiro atoms. The van der Waals surface area contributed by atoms with Crippen LogP contribution in [0.15, 0.2) is 24.3 Å². The number of hydrogen-bond donors (Lipinski definition) is 1. The predicted octanol–water partition coefficient (Wildman–Crippen LogP) is 2.15. The Bertz CT molecular complexity index is 496. The van der Waals surface area contributed by atoms with Crippen molar-refractivity contribution in [1.82, 2.24) is 0 Å². The molecule has 1 atom stereocenters. The number of carbonyl (C=O) groups is 2. The van der Waals surface area contributed by atoms with Crippen LogP contribution < -0.4 is 0 Å². The number of carbonyl (C=O) groups excluding carboxylic acids is 1. The average molecular weight is 230 g/mol. The highest BCUT2D eigenvalue weighted by Crippen LogP contribution is 2.54. The van der Waals surface area contributed by atoms with Gasteiger partial charge in [-0.15, -0.1) is 0 Å². The Kier molecular flexibility index (Phi) is 2.12. The molecule has 0 aromatic heterocycles. The normalized spacial score (nSPS) is 25.2. The summed E-state index contributed by atoms with van der Waals surface area (Å²) >= 11 is 0. The number of benzene rings is 1. The number of rotatable bonds is 2. The monoisotopic (exact) mass is 230 g/mol. The van der Waals surface area contributed by atoms with Crippen LogP contribution in [-0.2, 0) is 16.0 Å². The smallest absolute Gasteiger partial charge is 0.311 e. The summed E-state index contributed by atoms with van der Waals surface area (Å²) in [5.41, 5.74) is 1.57. The molecule has 0 bridgehead atoms. The van der Waals surface area contributed by atoms with Crippen molar-refractivity contribution in [2.24, 2.45) is 5.41 Å². The van der Waals surface area contributed by atoms with Crippen LogP contribution in [0.5, 0.6) is 0 Å². The van der Waals surface area contributed by atoms with E-state index in [1.165, 1.54) is 5.56 Å². The number of fused-ring (bicyclic) bond motifs is 1. The Labute approximate surface area is 99.5 Å². The number of aryl methyl sites for hydroxylation is 1. The van der Waals surface area contributed by atoms with E-state index >= 15 is 0 Å². The first kappa shape index (κ1) is 10.5. The Balaban J connectivity index is 2.01. The summed E-state index contributed by atoms with van der Waals surface area (Å²) in [6.07, 6.45) is 2.21. The van der Waals surface area contributed by atoms with Crippen LogP contribution in [0.2, 0.25) is 0 Å². The highest BCUT2D eigenvalue weighted by molar-refractivity contribution is 5.98. The van der Waals surface area contributed by atoms with Crippen LogP contribution in [0.1, 0.15) is 36.3 Å². The molecule has 0 saturated heterocycles. The molecule has 88 valence electrons. The van der Waals surface area contributed by atoms with Crippen LogP contribution in [0.25, 0.3) is 0 Å². The van der Waals surface area contributed by atoms with Gasteiger partial charge in [0.25, 0.3) is 0 Å². The molecule has 1 fully saturated rings. The second-order valence-electron chi connectivity index (χ2n) is 5.14. The molecule has 0 aliphatic heterocycles. The van der Waals surface area contributed by atoms with Gasteiger partial charge in [-0.2, -0.15) is 0 Å². The molecule has 2 aliphatic rings. The molecule has 1 saturated carbocycles. The summed E-state index contributed by atoms with van der Waals surface area (Å²) in [5, 5.41) is 9.44. The SMILES string of the molecule is O=C1CC(C(=O)O)(C2CCc3ccccc32)C1. The Morgan fingerprint density at radius 3 is 2.65 bits per heavy atom. The van der Waals surface area contributed by atoms with Crippen molar-refractivity contribution in [3.05, 3.63) is 35.4 Å². The third-order valence-corrected chi connectivity index (χ3v) is 4.25. The van der Waals surface area contributed by atoms with Gasteiger partial charge >= 0.3 is 5.97 Å². The molecule has 0 amide bonds. The fourth-order valence-electron chi connectivity index (χ4n) is 3.33. The second-order valence-corrected chi connectivity index (χ2v) is 5.14. The van der Waals surface area contributed by atoms with E-state index in [2.05, 4.69) is 6.07 Å². The maximum atomic E-state index is 11.5. The molecule has 0 radical (unpaired) electrons. The van der Waals surface area contributed by atoms with Gasteiger partial charge in [0.15, 0.2) is 0 Å². The second kappa shape index (κ2) is 3.42. The summed E-state index contributed by atoms with van der Waals surface area (Å²) in [7, 11) is 0. The van der Waals surface area contributed by atoms with Gasteiger partial charge in [0.1, 0.15) is 5.78 Å². The molecule has 17 heavy (non-hydrogen) atoms. The predicted molar refractivity (Wildman–Crippen MR) is 61.8 cm³/mol. The molecular weight excluding hydrogens is 216 g/mol. The maximum Gasteiger partial charge on any atom is 0.311 e. The molecule has 3 heteroatoms. The van der Waals surface area contributed by atoms with Gasteiger partial charge in [0.05, 0.1) is 5.41 Å². The summed E-state index contributed by atoms with van der Waals surface area (Å²) < 4.78 is 0. The highest BCUT2D eigenvalue weighted by Gasteiger charge is 2.56. The minimum Gasteiger partial charge on any atom is -0.481 e. The molecule has 1 aromatic carbocycles. The molecule has 2 aliphatic carbocycles. The summed E-state index contributed by atoms with van der Waals surface area (Å²) in [4.78, 5) is 22.7. The first-order valence-corrected chi connectivity index (χ1v) is 5.96. The minimum atomic E-state index is -0.816. The highest BCUT2D eigenvalue weighted by atomic mass is 16.4. The van der Waals surface area contributed by atoms with Gasteiger partial charge in [-0.1, -0.05) is 24.3 Å². The first-order chi connectivity index (χ1) is 8.13. The fourth-order valence-corrected chi connectivity index (χ4v) is 3.33. The van der Waals surface area contributed by atoms with Crippen molar-refractivity contribution in [2.45, 2.75) is 31.6 Å². The minimum absolute atomic E-state index is 0.0221. The van der Waals surface area contributed by atoms with Crippen molar-refractivity contribution >= 4 is 11.8 Å². The first-order valence-electron chi connectivity index (χ1n) is 5.96. The summed E-state index contributed by atoms with van der Waals surface area (Å²) in [6, 6.07) is 8.01. The number of ketones is 1. The number of carboxylic acids is 1. The average Bonchev–Trinajstić information content (AvgIpc) is 2.68. The van der Waals surface area contributed by atoms with Gasteiger partial charge < -0.3 is 5.11 Å². The van der Waals surface area contributed by atoms with E-state index in [0.29, 0.717) is 0 Å². The van der Waals surface area contributed by atoms with E-state index < -0.39 is 11.4 Å². The zero-order chi connectivity index (χ0) is 12.0. The van der Waals surface area contributed by atoms with Crippen molar-refractivity contribution in [2.75, 3.05) is 0 Å². The number of carboxylic acid groups (broad SMARTS) is 1. The molecule has 3 nitrogen and oxygen atoms in total. The van der Waals surface area contributed by atoms with Gasteiger partial charge in [-0.05, 0) is 24.0 Å². The number of hydrogen-bond acceptors (Lipinski definition) is 2. The quantitative estimate of drug-likeness (QED) is 0.847. The van der Waals surface area contributed by atoms with Crippen molar-refractivity contribution in [3.8, 4) is 0 Å². The third kappa shape index (κ3) is 1.35. The van der Waals surface area contributed by atoms with Crippen LogP contribution >= 0.6 is 0 Å². The van der Waals surface area contributed by atoms with Crippen LogP contribution in [0.3, 0.4) is 0 Å². The molecule has 3 rings (SSSR count). The van der Waals surface area contributed by atoms with Crippen LogP contribution in [-0.4, -0.2) is 16.9 Å². The molecule has 1 aromatic rings. The van der Waals surface area contributed by atoms with Gasteiger partial charge in [-0.3, -0.25) is 9.59 Å². The number of aliphatic carboxylic acids is 1. The van der Waals surface area contributed by atoms with Crippen molar-refractivity contribution in [1.29, 1.82) is 0 Å². The van der Waals surface area contributed by atoms with Gasteiger partial charge in [-0.25, -0.2) is 0 Å². The standard InChI is InChI=1S/C14H14O3/c15-10-7-14(8-10,13(16)17)12-6-5-9-3-1-2-4-11(9)12/h1-4,12H,5-8H2,(H,16,17). The molecule has 1 unspecified atom stereocenters. The lowest BCUT2D eigenvalue weighted by molar-refractivity contribution is -0.163. The van der Waals surface area contributed by atoms with Gasteiger partial charge in [0, 0.05) is 18.8 Å². The van der Waals surface area contributed by atoms with Crippen LogP contribution in [0.4, 0.5) is 0 Å². The fraction of sp³-hybridized carbons (Fsp3) is 0.429. The zero-order valence-corrected chi connectivity index (χ0v) is 9.48. The van der Waals surface area contributed by atoms with Crippen molar-refractivity contribution < 1.29 is 14.7 Å². The lowest BCUT2D eigenvalue weighted by Gasteiger charge is -2.41. The third-order valence-electron chi connectivity index (χ3n) is 4.25. The van der Waals surface area contributed by atoms with Crippen LogP contribution in [0, 0.1) is 5.41 Å². The molecular formula is C14H14O3. The lowest BCUT2D eigenvalue weighted by Crippen LogP contribution is -2.48. The number of Topliss-reactive ketones (excluding diaryl/α,β-unsaturated/α-hetero) is 1. The van der Waals surface area contributed by atoms with E-state index in [9.17, 15) is 14.7 Å². The largest absolute Gasteiger partial charge is 0.481 e.